The van der Waals surface area contributed by atoms with E-state index in [1.165, 1.54) is 26.5 Å². The summed E-state index contributed by atoms with van der Waals surface area (Å²) in [7, 11) is 0. The van der Waals surface area contributed by atoms with Crippen molar-refractivity contribution in [3.05, 3.63) is 49.9 Å². The van der Waals surface area contributed by atoms with Crippen LogP contribution in [0.25, 0.3) is 5.57 Å². The van der Waals surface area contributed by atoms with Gasteiger partial charge in [0, 0.05) is 28.4 Å². The molecule has 1 saturated heterocycles. The van der Waals surface area contributed by atoms with Crippen molar-refractivity contribution in [2.24, 2.45) is 5.92 Å². The van der Waals surface area contributed by atoms with Crippen LogP contribution in [0, 0.1) is 19.8 Å². The Morgan fingerprint density at radius 1 is 1.23 bits per heavy atom. The summed E-state index contributed by atoms with van der Waals surface area (Å²) >= 11 is 3.60. The Balaban J connectivity index is 0.00000243. The first-order valence-corrected chi connectivity index (χ1v) is 10.6. The van der Waals surface area contributed by atoms with Gasteiger partial charge in [0.05, 0.1) is 5.92 Å². The number of hydrogen-bond acceptors (Lipinski definition) is 4. The molecule has 0 amide bonds. The van der Waals surface area contributed by atoms with E-state index in [0.717, 1.165) is 32.4 Å². The maximum Gasteiger partial charge on any atom is 0.307 e. The van der Waals surface area contributed by atoms with Crippen molar-refractivity contribution < 1.29 is 9.90 Å². The number of carbonyl (C=O) groups is 1. The summed E-state index contributed by atoms with van der Waals surface area (Å²) in [5.74, 6) is -0.847. The number of carboxylic acid groups (broad SMARTS) is 1. The van der Waals surface area contributed by atoms with Crippen molar-refractivity contribution in [2.45, 2.75) is 33.1 Å². The first-order valence-electron chi connectivity index (χ1n) is 8.80. The lowest BCUT2D eigenvalue weighted by Gasteiger charge is -2.30. The maximum absolute atomic E-state index is 11.2. The Kier molecular flexibility index (Phi) is 7.89. The van der Waals surface area contributed by atoms with Crippen molar-refractivity contribution in [2.75, 3.05) is 19.6 Å². The topological polar surface area (TPSA) is 40.5 Å². The van der Waals surface area contributed by atoms with E-state index in [-0.39, 0.29) is 18.3 Å². The molecule has 1 fully saturated rings. The number of halogens is 1. The predicted octanol–water partition coefficient (Wildman–Crippen LogP) is 5.47. The molecular weight excluding hydrogens is 386 g/mol. The maximum atomic E-state index is 11.2. The average Bonchev–Trinajstić information content (AvgIpc) is 3.21. The van der Waals surface area contributed by atoms with Gasteiger partial charge in [-0.05, 0) is 73.7 Å². The predicted molar refractivity (Wildman–Crippen MR) is 114 cm³/mol. The summed E-state index contributed by atoms with van der Waals surface area (Å²) in [6.45, 7) is 6.98. The van der Waals surface area contributed by atoms with E-state index in [1.807, 2.05) is 0 Å². The second-order valence-corrected chi connectivity index (χ2v) is 8.58. The molecule has 26 heavy (non-hydrogen) atoms. The molecule has 0 saturated carbocycles. The fourth-order valence-electron chi connectivity index (χ4n) is 3.44. The van der Waals surface area contributed by atoms with Gasteiger partial charge in [0.25, 0.3) is 0 Å². The Morgan fingerprint density at radius 3 is 2.35 bits per heavy atom. The van der Waals surface area contributed by atoms with Crippen LogP contribution in [-0.2, 0) is 4.79 Å². The first kappa shape index (κ1) is 21.2. The van der Waals surface area contributed by atoms with E-state index in [4.69, 9.17) is 0 Å². The zero-order valence-electron chi connectivity index (χ0n) is 15.2. The van der Waals surface area contributed by atoms with Crippen molar-refractivity contribution in [3.8, 4) is 0 Å². The summed E-state index contributed by atoms with van der Waals surface area (Å²) in [4.78, 5) is 16.2. The van der Waals surface area contributed by atoms with Crippen LogP contribution < -0.4 is 0 Å². The number of nitrogens with zero attached hydrogens (tertiary/aromatic N) is 1. The molecule has 1 atom stereocenters. The fraction of sp³-hybridized carbons (Fsp3) is 0.450. The lowest BCUT2D eigenvalue weighted by Crippen LogP contribution is -2.39. The number of aliphatic carboxylic acids is 1. The molecule has 3 rings (SSSR count). The highest BCUT2D eigenvalue weighted by Crippen LogP contribution is 2.35. The van der Waals surface area contributed by atoms with Crippen LogP contribution in [0.15, 0.2) is 29.0 Å². The van der Waals surface area contributed by atoms with E-state index < -0.39 is 5.97 Å². The van der Waals surface area contributed by atoms with E-state index >= 15 is 0 Å². The molecule has 0 aromatic carbocycles. The molecule has 0 aliphatic carbocycles. The number of rotatable bonds is 6. The van der Waals surface area contributed by atoms with Crippen LogP contribution in [0.4, 0.5) is 0 Å². The average molecular weight is 412 g/mol. The largest absolute Gasteiger partial charge is 0.481 e. The van der Waals surface area contributed by atoms with Gasteiger partial charge in [-0.2, -0.15) is 0 Å². The van der Waals surface area contributed by atoms with Gasteiger partial charge < -0.3 is 10.0 Å². The second-order valence-electron chi connectivity index (χ2n) is 6.75. The number of carboxylic acids is 1. The number of likely N-dealkylation sites (tertiary alicyclic amines) is 1. The summed E-state index contributed by atoms with van der Waals surface area (Å²) < 4.78 is 0. The Labute approximate surface area is 169 Å². The lowest BCUT2D eigenvalue weighted by atomic mass is 9.98. The number of hydrogen-bond donors (Lipinski definition) is 1. The smallest absolute Gasteiger partial charge is 0.307 e. The van der Waals surface area contributed by atoms with Gasteiger partial charge in [0.1, 0.15) is 0 Å². The molecule has 1 N–H and O–H groups in total. The van der Waals surface area contributed by atoms with E-state index in [0.29, 0.717) is 6.54 Å². The zero-order chi connectivity index (χ0) is 17.8. The molecule has 2 aromatic heterocycles. The SMILES string of the molecule is Cc1ccsc1C(=CCCN1CCC[C@H](C(=O)O)C1)c1sccc1C.Cl. The molecule has 1 aliphatic heterocycles. The highest BCUT2D eigenvalue weighted by atomic mass is 35.5. The van der Waals surface area contributed by atoms with Crippen molar-refractivity contribution in [1.29, 1.82) is 0 Å². The molecule has 0 unspecified atom stereocenters. The quantitative estimate of drug-likeness (QED) is 0.685. The van der Waals surface area contributed by atoms with Gasteiger partial charge >= 0.3 is 5.97 Å². The van der Waals surface area contributed by atoms with E-state index in [1.54, 1.807) is 22.7 Å². The van der Waals surface area contributed by atoms with Crippen LogP contribution in [0.5, 0.6) is 0 Å². The monoisotopic (exact) mass is 411 g/mol. The molecule has 3 heterocycles. The number of aryl methyl sites for hydroxylation is 2. The minimum absolute atomic E-state index is 0. The summed E-state index contributed by atoms with van der Waals surface area (Å²) in [5.41, 5.74) is 3.99. The molecule has 6 heteroatoms. The van der Waals surface area contributed by atoms with E-state index in [9.17, 15) is 9.90 Å². The first-order chi connectivity index (χ1) is 12.1. The highest BCUT2D eigenvalue weighted by Gasteiger charge is 2.24. The molecule has 0 radical (unpaired) electrons. The number of thiophene rings is 2. The standard InChI is InChI=1S/C20H25NO2S2.ClH/c1-14-7-11-24-18(14)17(19-15(2)8-12-25-19)6-4-10-21-9-3-5-16(13-21)20(22)23;/h6-8,11-12,16H,3-5,9-10,13H2,1-2H3,(H,22,23);1H/t16-;/m0./s1. The third-order valence-electron chi connectivity index (χ3n) is 4.86. The molecule has 3 nitrogen and oxygen atoms in total. The van der Waals surface area contributed by atoms with Gasteiger partial charge in [0.2, 0.25) is 0 Å². The summed E-state index contributed by atoms with van der Waals surface area (Å²) in [5, 5.41) is 13.6. The van der Waals surface area contributed by atoms with Crippen molar-refractivity contribution in [1.82, 2.24) is 4.90 Å². The zero-order valence-corrected chi connectivity index (χ0v) is 17.7. The third kappa shape index (κ3) is 4.97. The fourth-order valence-corrected chi connectivity index (χ4v) is 5.45. The van der Waals surface area contributed by atoms with Crippen LogP contribution in [0.3, 0.4) is 0 Å². The Morgan fingerprint density at radius 2 is 1.85 bits per heavy atom. The van der Waals surface area contributed by atoms with Crippen LogP contribution in [0.2, 0.25) is 0 Å². The van der Waals surface area contributed by atoms with Crippen LogP contribution in [0.1, 0.15) is 40.1 Å². The van der Waals surface area contributed by atoms with Crippen molar-refractivity contribution >= 4 is 46.6 Å². The lowest BCUT2D eigenvalue weighted by molar-refractivity contribution is -0.143. The van der Waals surface area contributed by atoms with Gasteiger partial charge in [0.15, 0.2) is 0 Å². The molecule has 0 spiro atoms. The minimum atomic E-state index is -0.649. The minimum Gasteiger partial charge on any atom is -0.481 e. The second kappa shape index (κ2) is 9.70. The van der Waals surface area contributed by atoms with E-state index in [2.05, 4.69) is 47.7 Å². The molecule has 2 aromatic rings. The van der Waals surface area contributed by atoms with Crippen LogP contribution in [-0.4, -0.2) is 35.6 Å². The highest BCUT2D eigenvalue weighted by molar-refractivity contribution is 7.14. The third-order valence-corrected chi connectivity index (χ3v) is 6.96. The van der Waals surface area contributed by atoms with Gasteiger partial charge in [-0.3, -0.25) is 4.79 Å². The van der Waals surface area contributed by atoms with Gasteiger partial charge in [-0.15, -0.1) is 35.1 Å². The molecule has 142 valence electrons. The molecule has 1 aliphatic rings. The Bertz CT molecular complexity index is 723. The number of piperidine rings is 1. The summed E-state index contributed by atoms with van der Waals surface area (Å²) in [6.07, 6.45) is 5.11. The van der Waals surface area contributed by atoms with Gasteiger partial charge in [-0.1, -0.05) is 6.08 Å². The Hall–Kier alpha value is -1.14. The summed E-state index contributed by atoms with van der Waals surface area (Å²) in [6, 6.07) is 4.36. The molecular formula is C20H26ClNO2S2. The van der Waals surface area contributed by atoms with Crippen molar-refractivity contribution in [3.63, 3.8) is 0 Å². The van der Waals surface area contributed by atoms with Crippen LogP contribution >= 0.6 is 35.1 Å². The van der Waals surface area contributed by atoms with Gasteiger partial charge in [-0.25, -0.2) is 0 Å². The normalized spacial score (nSPS) is 17.5. The molecule has 0 bridgehead atoms.